The molecule has 3 aromatic rings. The number of hydrogen-bond acceptors (Lipinski definition) is 4. The molecule has 1 heterocycles. The number of aliphatic hydroxyl groups excluding tert-OH is 1. The molecule has 2 N–H and O–H groups in total. The molecule has 1 saturated heterocycles. The Morgan fingerprint density at radius 3 is 1.93 bits per heavy atom. The summed E-state index contributed by atoms with van der Waals surface area (Å²) in [5, 5.41) is 22.4. The zero-order chi connectivity index (χ0) is 21.0. The topological polar surface area (TPSA) is 70.0 Å². The fourth-order valence-electron chi connectivity index (χ4n) is 4.15. The number of β-amino-alcohol motifs (C(OH)–C–C–N with tert-alkyl or cyclic N) is 1. The zero-order valence-corrected chi connectivity index (χ0v) is 16.6. The third-order valence-electron chi connectivity index (χ3n) is 5.63. The summed E-state index contributed by atoms with van der Waals surface area (Å²) in [4.78, 5) is 14.4. The minimum atomic E-state index is -1.48. The van der Waals surface area contributed by atoms with Crippen molar-refractivity contribution in [3.8, 4) is 0 Å². The van der Waals surface area contributed by atoms with Crippen molar-refractivity contribution < 1.29 is 19.7 Å². The predicted octanol–water partition coefficient (Wildman–Crippen LogP) is 3.69. The SMILES string of the molecule is O=C(OCc1ccccc1)N1C[C@H](O)C[C@H]1C(O)(c1ccccc1)c1ccccc1. The molecule has 154 valence electrons. The summed E-state index contributed by atoms with van der Waals surface area (Å²) in [6.45, 7) is 0.244. The number of hydrogen-bond donors (Lipinski definition) is 2. The van der Waals surface area contributed by atoms with Crippen LogP contribution in [-0.4, -0.2) is 39.9 Å². The minimum Gasteiger partial charge on any atom is -0.445 e. The number of ether oxygens (including phenoxy) is 1. The summed E-state index contributed by atoms with van der Waals surface area (Å²) in [6, 6.07) is 27.3. The summed E-state index contributed by atoms with van der Waals surface area (Å²) in [5.41, 5.74) is 0.724. The van der Waals surface area contributed by atoms with Crippen molar-refractivity contribution in [2.45, 2.75) is 30.8 Å². The van der Waals surface area contributed by atoms with E-state index in [-0.39, 0.29) is 19.6 Å². The first-order valence-electron chi connectivity index (χ1n) is 10.1. The number of carbonyl (C=O) groups is 1. The molecule has 1 amide bonds. The first kappa shape index (κ1) is 20.1. The van der Waals surface area contributed by atoms with Gasteiger partial charge in [-0.25, -0.2) is 4.79 Å². The smallest absolute Gasteiger partial charge is 0.410 e. The van der Waals surface area contributed by atoms with Crippen molar-refractivity contribution in [2.75, 3.05) is 6.54 Å². The van der Waals surface area contributed by atoms with E-state index >= 15 is 0 Å². The fraction of sp³-hybridized carbons (Fsp3) is 0.240. The van der Waals surface area contributed by atoms with Crippen molar-refractivity contribution in [3.63, 3.8) is 0 Å². The van der Waals surface area contributed by atoms with Gasteiger partial charge in [0.2, 0.25) is 0 Å². The maximum Gasteiger partial charge on any atom is 0.410 e. The Hall–Kier alpha value is -3.15. The maximum absolute atomic E-state index is 13.0. The number of nitrogens with zero attached hydrogens (tertiary/aromatic N) is 1. The molecule has 0 aliphatic carbocycles. The Balaban J connectivity index is 1.66. The highest BCUT2D eigenvalue weighted by molar-refractivity contribution is 5.69. The van der Waals surface area contributed by atoms with Crippen LogP contribution in [-0.2, 0) is 16.9 Å². The molecule has 1 aliphatic heterocycles. The molecule has 3 aromatic carbocycles. The highest BCUT2D eigenvalue weighted by Gasteiger charge is 2.50. The Morgan fingerprint density at radius 1 is 0.900 bits per heavy atom. The predicted molar refractivity (Wildman–Crippen MR) is 114 cm³/mol. The van der Waals surface area contributed by atoms with E-state index in [1.54, 1.807) is 0 Å². The number of carbonyl (C=O) groups excluding carboxylic acids is 1. The molecule has 0 saturated carbocycles. The molecule has 0 unspecified atom stereocenters. The molecule has 0 aromatic heterocycles. The van der Waals surface area contributed by atoms with E-state index in [0.717, 1.165) is 5.56 Å². The van der Waals surface area contributed by atoms with Gasteiger partial charge < -0.3 is 14.9 Å². The van der Waals surface area contributed by atoms with Gasteiger partial charge in [-0.05, 0) is 23.1 Å². The third-order valence-corrected chi connectivity index (χ3v) is 5.63. The number of amides is 1. The van der Waals surface area contributed by atoms with Gasteiger partial charge in [-0.3, -0.25) is 4.90 Å². The van der Waals surface area contributed by atoms with Crippen LogP contribution in [0.15, 0.2) is 91.0 Å². The van der Waals surface area contributed by atoms with Gasteiger partial charge >= 0.3 is 6.09 Å². The van der Waals surface area contributed by atoms with Gasteiger partial charge in [0.1, 0.15) is 12.2 Å². The minimum absolute atomic E-state index is 0.111. The number of aliphatic hydroxyl groups is 2. The third kappa shape index (κ3) is 3.95. The highest BCUT2D eigenvalue weighted by atomic mass is 16.6. The molecule has 0 radical (unpaired) electrons. The van der Waals surface area contributed by atoms with Gasteiger partial charge in [-0.15, -0.1) is 0 Å². The lowest BCUT2D eigenvalue weighted by Gasteiger charge is -2.39. The maximum atomic E-state index is 13.0. The van der Waals surface area contributed by atoms with Gasteiger partial charge in [-0.1, -0.05) is 91.0 Å². The number of benzene rings is 3. The van der Waals surface area contributed by atoms with Crippen LogP contribution in [0.1, 0.15) is 23.1 Å². The van der Waals surface area contributed by atoms with Crippen LogP contribution in [0.3, 0.4) is 0 Å². The highest BCUT2D eigenvalue weighted by Crippen LogP contribution is 2.40. The van der Waals surface area contributed by atoms with Gasteiger partial charge in [0.05, 0.1) is 18.7 Å². The van der Waals surface area contributed by atoms with E-state index in [4.69, 9.17) is 4.74 Å². The van der Waals surface area contributed by atoms with Gasteiger partial charge in [0, 0.05) is 0 Å². The van der Waals surface area contributed by atoms with E-state index in [1.165, 1.54) is 4.90 Å². The second-order valence-electron chi connectivity index (χ2n) is 7.60. The van der Waals surface area contributed by atoms with Crippen molar-refractivity contribution in [1.29, 1.82) is 0 Å². The summed E-state index contributed by atoms with van der Waals surface area (Å²) in [6.07, 6.45) is -1.04. The molecule has 5 heteroatoms. The normalized spacial score (nSPS) is 18.9. The first-order valence-corrected chi connectivity index (χ1v) is 10.1. The van der Waals surface area contributed by atoms with E-state index in [0.29, 0.717) is 11.1 Å². The molecule has 0 spiro atoms. The summed E-state index contributed by atoms with van der Waals surface area (Å²) < 4.78 is 5.52. The number of rotatable bonds is 5. The lowest BCUT2D eigenvalue weighted by Crippen LogP contribution is -2.50. The molecule has 1 aliphatic rings. The van der Waals surface area contributed by atoms with Crippen molar-refractivity contribution in [3.05, 3.63) is 108 Å². The van der Waals surface area contributed by atoms with E-state index in [1.807, 2.05) is 91.0 Å². The Bertz CT molecular complexity index is 923. The molecular weight excluding hydrogens is 378 g/mol. The fourth-order valence-corrected chi connectivity index (χ4v) is 4.15. The quantitative estimate of drug-likeness (QED) is 0.682. The van der Waals surface area contributed by atoms with Gasteiger partial charge in [-0.2, -0.15) is 0 Å². The molecule has 5 nitrogen and oxygen atoms in total. The van der Waals surface area contributed by atoms with Gasteiger partial charge in [0.15, 0.2) is 0 Å². The van der Waals surface area contributed by atoms with E-state index in [2.05, 4.69) is 0 Å². The van der Waals surface area contributed by atoms with Crippen LogP contribution < -0.4 is 0 Å². The van der Waals surface area contributed by atoms with Crippen LogP contribution in [0.2, 0.25) is 0 Å². The number of likely N-dealkylation sites (tertiary alicyclic amines) is 1. The Labute approximate surface area is 176 Å². The van der Waals surface area contributed by atoms with Crippen LogP contribution in [0.5, 0.6) is 0 Å². The molecular formula is C25H25NO4. The Kier molecular flexibility index (Phi) is 5.84. The van der Waals surface area contributed by atoms with Crippen molar-refractivity contribution >= 4 is 6.09 Å². The second-order valence-corrected chi connectivity index (χ2v) is 7.60. The molecule has 2 atom stereocenters. The largest absolute Gasteiger partial charge is 0.445 e. The lowest BCUT2D eigenvalue weighted by atomic mass is 9.79. The standard InChI is InChI=1S/C25H25NO4/c27-22-16-23(26(17-22)24(28)30-18-19-10-4-1-5-11-19)25(29,20-12-6-2-7-13-20)21-14-8-3-9-15-21/h1-15,22-23,27,29H,16-18H2/t22-,23+/m1/s1. The zero-order valence-electron chi connectivity index (χ0n) is 16.6. The summed E-state index contributed by atoms with van der Waals surface area (Å²) >= 11 is 0. The van der Waals surface area contributed by atoms with Crippen LogP contribution in [0.4, 0.5) is 4.79 Å². The molecule has 1 fully saturated rings. The lowest BCUT2D eigenvalue weighted by molar-refractivity contribution is -0.00699. The van der Waals surface area contributed by atoms with Crippen molar-refractivity contribution in [1.82, 2.24) is 4.90 Å². The molecule has 4 rings (SSSR count). The van der Waals surface area contributed by atoms with Crippen LogP contribution >= 0.6 is 0 Å². The molecule has 0 bridgehead atoms. The van der Waals surface area contributed by atoms with Crippen LogP contribution in [0, 0.1) is 0 Å². The van der Waals surface area contributed by atoms with Crippen molar-refractivity contribution in [2.24, 2.45) is 0 Å². The summed E-state index contributed by atoms with van der Waals surface area (Å²) in [5.74, 6) is 0. The monoisotopic (exact) mass is 403 g/mol. The molecule has 30 heavy (non-hydrogen) atoms. The van der Waals surface area contributed by atoms with Gasteiger partial charge in [0.25, 0.3) is 0 Å². The Morgan fingerprint density at radius 2 is 1.40 bits per heavy atom. The van der Waals surface area contributed by atoms with Crippen LogP contribution in [0.25, 0.3) is 0 Å². The average Bonchev–Trinajstić information content (AvgIpc) is 3.21. The average molecular weight is 403 g/mol. The second kappa shape index (κ2) is 8.69. The first-order chi connectivity index (χ1) is 14.6. The van der Waals surface area contributed by atoms with E-state index in [9.17, 15) is 15.0 Å². The summed E-state index contributed by atoms with van der Waals surface area (Å²) in [7, 11) is 0. The van der Waals surface area contributed by atoms with E-state index < -0.39 is 23.8 Å².